The molecule has 0 fully saturated rings. The standard InChI is InChI=1S/C18H20BrN3O6S/c1-26-15-6-4-13(19)8-12(15)10-20-22-18(23)11-21-29(24,25)14-5-7-16(27-2)17(9-14)28-3/h4-10,21H,11H2,1-3H3,(H,22,23)/b20-10-. The molecule has 0 radical (unpaired) electrons. The highest BCUT2D eigenvalue weighted by Crippen LogP contribution is 2.29. The molecular weight excluding hydrogens is 466 g/mol. The Morgan fingerprint density at radius 2 is 1.69 bits per heavy atom. The highest BCUT2D eigenvalue weighted by Gasteiger charge is 2.18. The lowest BCUT2D eigenvalue weighted by molar-refractivity contribution is -0.119. The summed E-state index contributed by atoms with van der Waals surface area (Å²) in [7, 11) is 0.425. The number of benzene rings is 2. The van der Waals surface area contributed by atoms with Crippen LogP contribution in [-0.2, 0) is 14.8 Å². The van der Waals surface area contributed by atoms with Crippen LogP contribution in [0.25, 0.3) is 0 Å². The van der Waals surface area contributed by atoms with Gasteiger partial charge in [0.25, 0.3) is 5.91 Å². The first-order chi connectivity index (χ1) is 13.8. The van der Waals surface area contributed by atoms with Crippen molar-refractivity contribution in [2.45, 2.75) is 4.90 Å². The van der Waals surface area contributed by atoms with Crippen LogP contribution < -0.4 is 24.4 Å². The third-order valence-corrected chi connectivity index (χ3v) is 5.56. The number of sulfonamides is 1. The predicted molar refractivity (Wildman–Crippen MR) is 111 cm³/mol. The molecule has 2 N–H and O–H groups in total. The van der Waals surface area contributed by atoms with Crippen LogP contribution in [0.3, 0.4) is 0 Å². The summed E-state index contributed by atoms with van der Waals surface area (Å²) in [6, 6.07) is 9.41. The summed E-state index contributed by atoms with van der Waals surface area (Å²) in [6.45, 7) is -0.496. The van der Waals surface area contributed by atoms with Crippen LogP contribution >= 0.6 is 15.9 Å². The predicted octanol–water partition coefficient (Wildman–Crippen LogP) is 1.90. The Kier molecular flexibility index (Phi) is 8.00. The summed E-state index contributed by atoms with van der Waals surface area (Å²) in [6.07, 6.45) is 1.39. The number of rotatable bonds is 9. The Morgan fingerprint density at radius 1 is 1.03 bits per heavy atom. The van der Waals surface area contributed by atoms with Crippen LogP contribution in [-0.4, -0.2) is 48.4 Å². The van der Waals surface area contributed by atoms with E-state index < -0.39 is 22.5 Å². The van der Waals surface area contributed by atoms with Crippen LogP contribution in [0.5, 0.6) is 17.2 Å². The molecule has 2 aromatic carbocycles. The number of amides is 1. The van der Waals surface area contributed by atoms with Crippen molar-refractivity contribution < 1.29 is 27.4 Å². The number of nitrogens with one attached hydrogen (secondary N) is 2. The number of ether oxygens (including phenoxy) is 3. The van der Waals surface area contributed by atoms with E-state index in [4.69, 9.17) is 14.2 Å². The van der Waals surface area contributed by atoms with Gasteiger partial charge in [-0.1, -0.05) is 15.9 Å². The molecule has 156 valence electrons. The van der Waals surface area contributed by atoms with Crippen molar-refractivity contribution in [2.75, 3.05) is 27.9 Å². The van der Waals surface area contributed by atoms with Gasteiger partial charge in [0.2, 0.25) is 10.0 Å². The van der Waals surface area contributed by atoms with E-state index in [1.54, 1.807) is 18.2 Å². The number of halogens is 1. The van der Waals surface area contributed by atoms with Gasteiger partial charge in [-0.2, -0.15) is 5.10 Å². The summed E-state index contributed by atoms with van der Waals surface area (Å²) in [4.78, 5) is 11.9. The fraction of sp³-hybridized carbons (Fsp3) is 0.222. The van der Waals surface area contributed by atoms with E-state index in [2.05, 4.69) is 31.2 Å². The van der Waals surface area contributed by atoms with Crippen molar-refractivity contribution in [1.29, 1.82) is 0 Å². The smallest absolute Gasteiger partial charge is 0.255 e. The Hall–Kier alpha value is -2.63. The molecule has 1 amide bonds. The van der Waals surface area contributed by atoms with Gasteiger partial charge in [0.15, 0.2) is 11.5 Å². The van der Waals surface area contributed by atoms with E-state index >= 15 is 0 Å². The minimum atomic E-state index is -3.93. The minimum Gasteiger partial charge on any atom is -0.496 e. The third kappa shape index (κ3) is 6.17. The van der Waals surface area contributed by atoms with E-state index in [9.17, 15) is 13.2 Å². The van der Waals surface area contributed by atoms with Crippen molar-refractivity contribution in [3.63, 3.8) is 0 Å². The lowest BCUT2D eigenvalue weighted by atomic mass is 10.2. The Morgan fingerprint density at radius 3 is 2.34 bits per heavy atom. The van der Waals surface area contributed by atoms with Gasteiger partial charge in [-0.3, -0.25) is 4.79 Å². The summed E-state index contributed by atoms with van der Waals surface area (Å²) in [5.41, 5.74) is 2.89. The van der Waals surface area contributed by atoms with Gasteiger partial charge < -0.3 is 14.2 Å². The molecule has 0 saturated heterocycles. The molecule has 0 aromatic heterocycles. The maximum absolute atomic E-state index is 12.4. The summed E-state index contributed by atoms with van der Waals surface area (Å²) in [5, 5.41) is 3.82. The monoisotopic (exact) mass is 485 g/mol. The maximum Gasteiger partial charge on any atom is 0.255 e. The average Bonchev–Trinajstić information content (AvgIpc) is 2.72. The molecule has 0 bridgehead atoms. The van der Waals surface area contributed by atoms with Crippen LogP contribution in [0, 0.1) is 0 Å². The molecule has 0 aliphatic heterocycles. The average molecular weight is 486 g/mol. The normalized spacial score (nSPS) is 11.3. The summed E-state index contributed by atoms with van der Waals surface area (Å²) in [5.74, 6) is 0.577. The molecule has 2 rings (SSSR count). The fourth-order valence-corrected chi connectivity index (χ4v) is 3.62. The topological polar surface area (TPSA) is 115 Å². The van der Waals surface area contributed by atoms with Crippen LogP contribution in [0.2, 0.25) is 0 Å². The molecule has 0 aliphatic rings. The molecular formula is C18H20BrN3O6S. The Balaban J connectivity index is 1.99. The Bertz CT molecular complexity index is 1010. The highest BCUT2D eigenvalue weighted by molar-refractivity contribution is 9.10. The zero-order chi connectivity index (χ0) is 21.4. The zero-order valence-electron chi connectivity index (χ0n) is 15.9. The van der Waals surface area contributed by atoms with Crippen molar-refractivity contribution in [3.8, 4) is 17.2 Å². The number of carbonyl (C=O) groups is 1. The van der Waals surface area contributed by atoms with Crippen LogP contribution in [0.15, 0.2) is 50.9 Å². The van der Waals surface area contributed by atoms with Crippen molar-refractivity contribution in [2.24, 2.45) is 5.10 Å². The van der Waals surface area contributed by atoms with Gasteiger partial charge >= 0.3 is 0 Å². The van der Waals surface area contributed by atoms with Crippen molar-refractivity contribution >= 4 is 38.1 Å². The SMILES string of the molecule is COc1ccc(Br)cc1/C=N\NC(=O)CNS(=O)(=O)c1ccc(OC)c(OC)c1. The van der Waals surface area contributed by atoms with Gasteiger partial charge in [0, 0.05) is 16.1 Å². The number of nitrogens with zero attached hydrogens (tertiary/aromatic N) is 1. The van der Waals surface area contributed by atoms with Gasteiger partial charge in [0.1, 0.15) is 5.75 Å². The van der Waals surface area contributed by atoms with Crippen molar-refractivity contribution in [1.82, 2.24) is 10.1 Å². The summed E-state index contributed by atoms with van der Waals surface area (Å²) >= 11 is 3.34. The number of carbonyl (C=O) groups excluding carboxylic acids is 1. The molecule has 0 unspecified atom stereocenters. The van der Waals surface area contributed by atoms with E-state index in [1.807, 2.05) is 0 Å². The first-order valence-electron chi connectivity index (χ1n) is 8.18. The second-order valence-corrected chi connectivity index (χ2v) is 8.20. The molecule has 9 nitrogen and oxygen atoms in total. The van der Waals surface area contributed by atoms with Crippen LogP contribution in [0.4, 0.5) is 0 Å². The molecule has 2 aromatic rings. The highest BCUT2D eigenvalue weighted by atomic mass is 79.9. The first kappa shape index (κ1) is 22.7. The second-order valence-electron chi connectivity index (χ2n) is 5.52. The van der Waals surface area contributed by atoms with Gasteiger partial charge in [-0.05, 0) is 30.3 Å². The first-order valence-corrected chi connectivity index (χ1v) is 10.5. The number of hydrazone groups is 1. The summed E-state index contributed by atoms with van der Waals surface area (Å²) < 4.78 is 43.1. The third-order valence-electron chi connectivity index (χ3n) is 3.67. The number of methoxy groups -OCH3 is 3. The molecule has 0 atom stereocenters. The number of hydrogen-bond acceptors (Lipinski definition) is 7. The van der Waals surface area contributed by atoms with E-state index in [0.717, 1.165) is 4.47 Å². The van der Waals surface area contributed by atoms with Gasteiger partial charge in [-0.25, -0.2) is 18.6 Å². The van der Waals surface area contributed by atoms with E-state index in [-0.39, 0.29) is 10.6 Å². The molecule has 29 heavy (non-hydrogen) atoms. The zero-order valence-corrected chi connectivity index (χ0v) is 18.3. The van der Waals surface area contributed by atoms with Gasteiger partial charge in [-0.15, -0.1) is 0 Å². The molecule has 0 spiro atoms. The maximum atomic E-state index is 12.4. The molecule has 0 heterocycles. The van der Waals surface area contributed by atoms with E-state index in [1.165, 1.54) is 45.7 Å². The lowest BCUT2D eigenvalue weighted by Crippen LogP contribution is -2.34. The molecule has 0 saturated carbocycles. The quantitative estimate of drug-likeness (QED) is 0.414. The number of hydrogen-bond donors (Lipinski definition) is 2. The second kappa shape index (κ2) is 10.2. The fourth-order valence-electron chi connectivity index (χ4n) is 2.25. The largest absolute Gasteiger partial charge is 0.496 e. The van der Waals surface area contributed by atoms with Crippen LogP contribution in [0.1, 0.15) is 5.56 Å². The molecule has 11 heteroatoms. The van der Waals surface area contributed by atoms with Gasteiger partial charge in [0.05, 0.1) is 39.0 Å². The molecule has 0 aliphatic carbocycles. The van der Waals surface area contributed by atoms with Crippen molar-refractivity contribution in [3.05, 3.63) is 46.4 Å². The van der Waals surface area contributed by atoms with E-state index in [0.29, 0.717) is 17.1 Å². The lowest BCUT2D eigenvalue weighted by Gasteiger charge is -2.10. The Labute approximate surface area is 177 Å². The minimum absolute atomic E-state index is 0.0645.